The van der Waals surface area contributed by atoms with E-state index in [0.29, 0.717) is 12.1 Å². The first-order chi connectivity index (χ1) is 8.08. The molecule has 0 unspecified atom stereocenters. The van der Waals surface area contributed by atoms with Crippen LogP contribution < -0.4 is 0 Å². The minimum absolute atomic E-state index is 0.445. The highest BCUT2D eigenvalue weighted by Crippen LogP contribution is 2.18. The van der Waals surface area contributed by atoms with E-state index in [-0.39, 0.29) is 0 Å². The van der Waals surface area contributed by atoms with Crippen LogP contribution in [-0.4, -0.2) is 14.5 Å². The number of nitro groups is 1. The number of imidazole rings is 1. The highest BCUT2D eigenvalue weighted by molar-refractivity contribution is 5.35. The SMILES string of the molecule is Cc1nccn1Cc1ccc([N+](=O)[O-])c(F)c1. The van der Waals surface area contributed by atoms with Gasteiger partial charge in [-0.15, -0.1) is 0 Å². The summed E-state index contributed by atoms with van der Waals surface area (Å²) in [6, 6.07) is 3.90. The molecule has 0 fully saturated rings. The molecule has 1 heterocycles. The van der Waals surface area contributed by atoms with Gasteiger partial charge >= 0.3 is 5.69 Å². The molecule has 0 N–H and O–H groups in total. The Labute approximate surface area is 96.7 Å². The van der Waals surface area contributed by atoms with Crippen molar-refractivity contribution in [2.24, 2.45) is 0 Å². The van der Waals surface area contributed by atoms with Gasteiger partial charge in [-0.05, 0) is 18.6 Å². The van der Waals surface area contributed by atoms with Crippen LogP contribution in [0.2, 0.25) is 0 Å². The summed E-state index contributed by atoms with van der Waals surface area (Å²) in [7, 11) is 0. The predicted octanol–water partition coefficient (Wildman–Crippen LogP) is 2.29. The van der Waals surface area contributed by atoms with Crippen molar-refractivity contribution < 1.29 is 9.31 Å². The van der Waals surface area contributed by atoms with E-state index in [9.17, 15) is 14.5 Å². The number of rotatable bonds is 3. The standard InChI is InChI=1S/C11H10FN3O2/c1-8-13-4-5-14(8)7-9-2-3-11(15(16)17)10(12)6-9/h2-6H,7H2,1H3. The first-order valence-electron chi connectivity index (χ1n) is 4.98. The summed E-state index contributed by atoms with van der Waals surface area (Å²) in [6.07, 6.45) is 3.42. The summed E-state index contributed by atoms with van der Waals surface area (Å²) in [5.41, 5.74) is 0.158. The lowest BCUT2D eigenvalue weighted by atomic mass is 10.2. The lowest BCUT2D eigenvalue weighted by Gasteiger charge is -2.05. The van der Waals surface area contributed by atoms with Crippen LogP contribution in [0, 0.1) is 22.9 Å². The van der Waals surface area contributed by atoms with Gasteiger partial charge in [-0.1, -0.05) is 6.07 Å². The van der Waals surface area contributed by atoms with Gasteiger partial charge in [0.15, 0.2) is 0 Å². The second-order valence-electron chi connectivity index (χ2n) is 3.65. The van der Waals surface area contributed by atoms with Crippen molar-refractivity contribution in [1.82, 2.24) is 9.55 Å². The number of hydrogen-bond acceptors (Lipinski definition) is 3. The van der Waals surface area contributed by atoms with Crippen molar-refractivity contribution in [2.45, 2.75) is 13.5 Å². The van der Waals surface area contributed by atoms with E-state index in [1.165, 1.54) is 12.1 Å². The van der Waals surface area contributed by atoms with Gasteiger partial charge in [-0.25, -0.2) is 4.98 Å². The molecule has 2 rings (SSSR count). The van der Waals surface area contributed by atoms with Crippen LogP contribution in [0.1, 0.15) is 11.4 Å². The minimum Gasteiger partial charge on any atom is -0.331 e. The zero-order chi connectivity index (χ0) is 12.4. The number of nitrogens with zero attached hydrogens (tertiary/aromatic N) is 3. The topological polar surface area (TPSA) is 61.0 Å². The molecule has 2 aromatic rings. The third-order valence-electron chi connectivity index (χ3n) is 2.49. The van der Waals surface area contributed by atoms with Gasteiger partial charge in [-0.2, -0.15) is 4.39 Å². The maximum absolute atomic E-state index is 13.4. The maximum Gasteiger partial charge on any atom is 0.304 e. The van der Waals surface area contributed by atoms with E-state index in [0.717, 1.165) is 5.82 Å². The third kappa shape index (κ3) is 2.30. The minimum atomic E-state index is -0.815. The normalized spacial score (nSPS) is 10.5. The fourth-order valence-corrected chi connectivity index (χ4v) is 1.56. The number of hydrogen-bond donors (Lipinski definition) is 0. The second kappa shape index (κ2) is 4.32. The smallest absolute Gasteiger partial charge is 0.304 e. The molecule has 0 aliphatic rings. The van der Waals surface area contributed by atoms with Crippen molar-refractivity contribution in [1.29, 1.82) is 0 Å². The van der Waals surface area contributed by atoms with Gasteiger partial charge in [0.2, 0.25) is 5.82 Å². The molecule has 0 radical (unpaired) electrons. The van der Waals surface area contributed by atoms with Crippen molar-refractivity contribution >= 4 is 5.69 Å². The molecular formula is C11H10FN3O2. The molecule has 0 bridgehead atoms. The van der Waals surface area contributed by atoms with Gasteiger partial charge in [0, 0.05) is 25.0 Å². The molecule has 1 aromatic carbocycles. The molecule has 0 aliphatic carbocycles. The van der Waals surface area contributed by atoms with Crippen LogP contribution in [0.25, 0.3) is 0 Å². The molecule has 0 atom stereocenters. The van der Waals surface area contributed by atoms with E-state index in [1.54, 1.807) is 18.5 Å². The Balaban J connectivity index is 2.27. The zero-order valence-corrected chi connectivity index (χ0v) is 9.13. The Morgan fingerprint density at radius 3 is 2.82 bits per heavy atom. The molecule has 5 nitrogen and oxygen atoms in total. The Morgan fingerprint density at radius 2 is 2.29 bits per heavy atom. The maximum atomic E-state index is 13.4. The first-order valence-corrected chi connectivity index (χ1v) is 4.98. The molecule has 0 saturated heterocycles. The van der Waals surface area contributed by atoms with Gasteiger partial charge in [0.05, 0.1) is 4.92 Å². The fraction of sp³-hybridized carbons (Fsp3) is 0.182. The summed E-state index contributed by atoms with van der Waals surface area (Å²) >= 11 is 0. The van der Waals surface area contributed by atoms with E-state index in [4.69, 9.17) is 0 Å². The van der Waals surface area contributed by atoms with Gasteiger partial charge < -0.3 is 4.57 Å². The van der Waals surface area contributed by atoms with E-state index in [1.807, 2.05) is 11.5 Å². The lowest BCUT2D eigenvalue weighted by Crippen LogP contribution is -2.02. The van der Waals surface area contributed by atoms with Crippen LogP contribution in [-0.2, 0) is 6.54 Å². The van der Waals surface area contributed by atoms with E-state index in [2.05, 4.69) is 4.98 Å². The average molecular weight is 235 g/mol. The highest BCUT2D eigenvalue weighted by Gasteiger charge is 2.13. The molecule has 0 spiro atoms. The predicted molar refractivity (Wildman–Crippen MR) is 59.1 cm³/mol. The van der Waals surface area contributed by atoms with Crippen molar-refractivity contribution in [3.8, 4) is 0 Å². The summed E-state index contributed by atoms with van der Waals surface area (Å²) in [5.74, 6) is -0.00553. The number of aryl methyl sites for hydroxylation is 1. The Morgan fingerprint density at radius 1 is 1.53 bits per heavy atom. The molecule has 0 saturated carbocycles. The zero-order valence-electron chi connectivity index (χ0n) is 9.13. The molecule has 0 aliphatic heterocycles. The van der Waals surface area contributed by atoms with Crippen LogP contribution in [0.4, 0.5) is 10.1 Å². The lowest BCUT2D eigenvalue weighted by molar-refractivity contribution is -0.387. The Bertz CT molecular complexity index is 566. The number of halogens is 1. The van der Waals surface area contributed by atoms with Gasteiger partial charge in [0.1, 0.15) is 5.82 Å². The number of benzene rings is 1. The first kappa shape index (κ1) is 11.3. The van der Waals surface area contributed by atoms with Crippen LogP contribution in [0.5, 0.6) is 0 Å². The molecule has 1 aromatic heterocycles. The fourth-order valence-electron chi connectivity index (χ4n) is 1.56. The molecule has 17 heavy (non-hydrogen) atoms. The summed E-state index contributed by atoms with van der Waals surface area (Å²) in [4.78, 5) is 13.8. The third-order valence-corrected chi connectivity index (χ3v) is 2.49. The number of nitro benzene ring substituents is 1. The van der Waals surface area contributed by atoms with Crippen molar-refractivity contribution in [3.05, 3.63) is 57.9 Å². The second-order valence-corrected chi connectivity index (χ2v) is 3.65. The van der Waals surface area contributed by atoms with Gasteiger partial charge in [0.25, 0.3) is 0 Å². The van der Waals surface area contributed by atoms with Crippen molar-refractivity contribution in [2.75, 3.05) is 0 Å². The number of aromatic nitrogens is 2. The van der Waals surface area contributed by atoms with Crippen LogP contribution in [0.15, 0.2) is 30.6 Å². The van der Waals surface area contributed by atoms with E-state index >= 15 is 0 Å². The monoisotopic (exact) mass is 235 g/mol. The quantitative estimate of drug-likeness (QED) is 0.605. The Hall–Kier alpha value is -2.24. The molecule has 0 amide bonds. The molecule has 88 valence electrons. The largest absolute Gasteiger partial charge is 0.331 e. The van der Waals surface area contributed by atoms with E-state index < -0.39 is 16.4 Å². The average Bonchev–Trinajstić information content (AvgIpc) is 2.64. The summed E-state index contributed by atoms with van der Waals surface area (Å²) in [5, 5.41) is 10.5. The molecular weight excluding hydrogens is 225 g/mol. The van der Waals surface area contributed by atoms with Crippen LogP contribution >= 0.6 is 0 Å². The Kier molecular flexibility index (Phi) is 2.86. The van der Waals surface area contributed by atoms with Gasteiger partial charge in [-0.3, -0.25) is 10.1 Å². The van der Waals surface area contributed by atoms with Crippen molar-refractivity contribution in [3.63, 3.8) is 0 Å². The summed E-state index contributed by atoms with van der Waals surface area (Å²) in [6.45, 7) is 2.28. The summed E-state index contributed by atoms with van der Waals surface area (Å²) < 4.78 is 15.2. The highest BCUT2D eigenvalue weighted by atomic mass is 19.1. The molecule has 6 heteroatoms. The van der Waals surface area contributed by atoms with Crippen LogP contribution in [0.3, 0.4) is 0 Å².